The first kappa shape index (κ1) is 26.6. The Kier molecular flexibility index (Phi) is 7.55. The van der Waals surface area contributed by atoms with Gasteiger partial charge in [0.15, 0.2) is 23.0 Å². The van der Waals surface area contributed by atoms with Crippen LogP contribution in [0.25, 0.3) is 11.3 Å². The highest BCUT2D eigenvalue weighted by atomic mass is 32.1. The summed E-state index contributed by atoms with van der Waals surface area (Å²) in [5, 5.41) is 18.3. The van der Waals surface area contributed by atoms with Gasteiger partial charge < -0.3 is 28.4 Å². The molecule has 3 aromatic carbocycles. The molecule has 5 rings (SSSR count). The van der Waals surface area contributed by atoms with Gasteiger partial charge >= 0.3 is 0 Å². The van der Waals surface area contributed by atoms with Gasteiger partial charge in [0.05, 0.1) is 62.6 Å². The third kappa shape index (κ3) is 5.14. The Morgan fingerprint density at radius 3 is 2.23 bits per heavy atom. The van der Waals surface area contributed by atoms with Crippen molar-refractivity contribution < 1.29 is 33.3 Å². The van der Waals surface area contributed by atoms with Gasteiger partial charge in [-0.25, -0.2) is 9.67 Å². The number of rotatable bonds is 9. The van der Waals surface area contributed by atoms with Crippen molar-refractivity contribution in [1.29, 1.82) is 0 Å². The second-order valence-electron chi connectivity index (χ2n) is 8.21. The molecule has 0 saturated heterocycles. The summed E-state index contributed by atoms with van der Waals surface area (Å²) in [6, 6.07) is 13.7. The number of hydrogen-bond acceptors (Lipinski definition) is 11. The van der Waals surface area contributed by atoms with Crippen molar-refractivity contribution in [1.82, 2.24) is 4.68 Å². The summed E-state index contributed by atoms with van der Waals surface area (Å²) in [6.45, 7) is -0.0114. The maximum Gasteiger partial charge on any atom is 0.282 e. The molecule has 0 bridgehead atoms. The molecule has 0 radical (unpaired) electrons. The van der Waals surface area contributed by atoms with Gasteiger partial charge in [0, 0.05) is 10.9 Å². The standard InChI is InChI=1S/C27H24N4O8S/c1-34-19-7-5-18(6-8-19)29-27-30(28-13-17-11-22-23(39-15-38-22)12-20(17)31(32)33)21(14-40-27)16-9-24(35-2)26(37-4)25(10-16)36-3/h5-14H,15H2,1-4H3. The average Bonchev–Trinajstić information content (AvgIpc) is 3.61. The Morgan fingerprint density at radius 2 is 1.62 bits per heavy atom. The number of ether oxygens (including phenoxy) is 6. The second kappa shape index (κ2) is 11.4. The number of nitro benzene ring substituents is 1. The maximum atomic E-state index is 11.8. The van der Waals surface area contributed by atoms with E-state index in [9.17, 15) is 10.1 Å². The molecule has 13 heteroatoms. The Hall–Kier alpha value is -5.04. The van der Waals surface area contributed by atoms with E-state index in [0.717, 1.165) is 0 Å². The number of fused-ring (bicyclic) bond motifs is 1. The fourth-order valence-corrected chi connectivity index (χ4v) is 4.87. The van der Waals surface area contributed by atoms with Crippen LogP contribution in [-0.4, -0.2) is 51.0 Å². The Labute approximate surface area is 232 Å². The van der Waals surface area contributed by atoms with Crippen LogP contribution in [0.3, 0.4) is 0 Å². The van der Waals surface area contributed by atoms with Gasteiger partial charge in [-0.15, -0.1) is 11.3 Å². The first-order valence-electron chi connectivity index (χ1n) is 11.8. The zero-order valence-corrected chi connectivity index (χ0v) is 22.8. The lowest BCUT2D eigenvalue weighted by Gasteiger charge is -2.14. The Balaban J connectivity index is 1.69. The molecule has 0 fully saturated rings. The lowest BCUT2D eigenvalue weighted by Crippen LogP contribution is -2.12. The highest BCUT2D eigenvalue weighted by molar-refractivity contribution is 7.07. The molecule has 4 aromatic rings. The third-order valence-corrected chi connectivity index (χ3v) is 6.79. The van der Waals surface area contributed by atoms with E-state index in [0.29, 0.717) is 56.2 Å². The molecule has 12 nitrogen and oxygen atoms in total. The number of methoxy groups -OCH3 is 4. The van der Waals surface area contributed by atoms with Gasteiger partial charge in [-0.2, -0.15) is 5.10 Å². The number of nitro groups is 1. The molecule has 0 aliphatic carbocycles. The molecule has 1 aromatic heterocycles. The zero-order valence-electron chi connectivity index (χ0n) is 21.9. The molecule has 206 valence electrons. The molecule has 40 heavy (non-hydrogen) atoms. The van der Waals surface area contributed by atoms with E-state index in [1.54, 1.807) is 36.1 Å². The fraction of sp³-hybridized carbons (Fsp3) is 0.185. The molecular formula is C27H24N4O8S. The molecule has 2 heterocycles. The molecule has 0 saturated carbocycles. The summed E-state index contributed by atoms with van der Waals surface area (Å²) in [5.74, 6) is 2.76. The molecule has 0 atom stereocenters. The van der Waals surface area contributed by atoms with E-state index in [1.807, 2.05) is 17.5 Å². The summed E-state index contributed by atoms with van der Waals surface area (Å²) < 4.78 is 34.1. The van der Waals surface area contributed by atoms with E-state index >= 15 is 0 Å². The number of nitrogens with zero attached hydrogens (tertiary/aromatic N) is 4. The lowest BCUT2D eigenvalue weighted by molar-refractivity contribution is -0.385. The minimum absolute atomic E-state index is 0.0114. The number of benzene rings is 3. The van der Waals surface area contributed by atoms with Crippen LogP contribution in [0, 0.1) is 10.1 Å². The summed E-state index contributed by atoms with van der Waals surface area (Å²) in [6.07, 6.45) is 1.39. The van der Waals surface area contributed by atoms with E-state index in [2.05, 4.69) is 5.10 Å². The van der Waals surface area contributed by atoms with Gasteiger partial charge in [-0.3, -0.25) is 10.1 Å². The Bertz CT molecular complexity index is 1640. The highest BCUT2D eigenvalue weighted by Crippen LogP contribution is 2.41. The summed E-state index contributed by atoms with van der Waals surface area (Å²) >= 11 is 1.34. The first-order chi connectivity index (χ1) is 19.4. The van der Waals surface area contributed by atoms with E-state index in [1.165, 1.54) is 51.0 Å². The fourth-order valence-electron chi connectivity index (χ4n) is 4.01. The molecule has 0 unspecified atom stereocenters. The van der Waals surface area contributed by atoms with Gasteiger partial charge in [0.25, 0.3) is 5.69 Å². The average molecular weight is 565 g/mol. The van der Waals surface area contributed by atoms with Gasteiger partial charge in [0.2, 0.25) is 17.3 Å². The normalized spacial score (nSPS) is 12.6. The van der Waals surface area contributed by atoms with Crippen LogP contribution in [0.4, 0.5) is 11.4 Å². The SMILES string of the molecule is COc1ccc(N=c2scc(-c3cc(OC)c(OC)c(OC)c3)n2N=Cc2cc3c(cc2[N+](=O)[O-])OCO3)cc1. The van der Waals surface area contributed by atoms with Crippen molar-refractivity contribution in [3.05, 3.63) is 74.4 Å². The molecule has 0 N–H and O–H groups in total. The summed E-state index contributed by atoms with van der Waals surface area (Å²) in [7, 11) is 6.18. The minimum Gasteiger partial charge on any atom is -0.497 e. The quantitative estimate of drug-likeness (QED) is 0.158. The topological polar surface area (TPSA) is 128 Å². The number of hydrogen-bond donors (Lipinski definition) is 0. The van der Waals surface area contributed by atoms with Crippen molar-refractivity contribution in [2.75, 3.05) is 35.2 Å². The second-order valence-corrected chi connectivity index (χ2v) is 9.04. The maximum absolute atomic E-state index is 11.8. The predicted octanol–water partition coefficient (Wildman–Crippen LogP) is 5.00. The largest absolute Gasteiger partial charge is 0.497 e. The number of thiazole rings is 1. The Morgan fingerprint density at radius 1 is 0.950 bits per heavy atom. The number of aromatic nitrogens is 1. The van der Waals surface area contributed by atoms with Crippen molar-refractivity contribution in [3.63, 3.8) is 0 Å². The van der Waals surface area contributed by atoms with Crippen molar-refractivity contribution in [2.45, 2.75) is 0 Å². The monoisotopic (exact) mass is 564 g/mol. The van der Waals surface area contributed by atoms with Gasteiger partial charge in [0.1, 0.15) is 5.75 Å². The smallest absolute Gasteiger partial charge is 0.282 e. The van der Waals surface area contributed by atoms with E-state index < -0.39 is 4.92 Å². The minimum atomic E-state index is -0.496. The first-order valence-corrected chi connectivity index (χ1v) is 12.7. The summed E-state index contributed by atoms with van der Waals surface area (Å²) in [5.41, 5.74) is 2.05. The van der Waals surface area contributed by atoms with Crippen LogP contribution in [0.2, 0.25) is 0 Å². The molecule has 0 spiro atoms. The molecular weight excluding hydrogens is 540 g/mol. The third-order valence-electron chi connectivity index (χ3n) is 5.97. The highest BCUT2D eigenvalue weighted by Gasteiger charge is 2.23. The van der Waals surface area contributed by atoms with Crippen LogP contribution in [0.1, 0.15) is 5.56 Å². The van der Waals surface area contributed by atoms with Crippen LogP contribution in [-0.2, 0) is 0 Å². The lowest BCUT2D eigenvalue weighted by atomic mass is 10.1. The van der Waals surface area contributed by atoms with Crippen LogP contribution >= 0.6 is 11.3 Å². The molecule has 1 aliphatic rings. The van der Waals surface area contributed by atoms with Crippen LogP contribution in [0.15, 0.2) is 64.0 Å². The van der Waals surface area contributed by atoms with E-state index in [-0.39, 0.29) is 18.0 Å². The van der Waals surface area contributed by atoms with Crippen molar-refractivity contribution in [3.8, 4) is 45.8 Å². The van der Waals surface area contributed by atoms with Gasteiger partial charge in [-0.1, -0.05) is 0 Å². The zero-order chi connectivity index (χ0) is 28.2. The van der Waals surface area contributed by atoms with Crippen molar-refractivity contribution in [2.24, 2.45) is 10.1 Å². The van der Waals surface area contributed by atoms with Crippen molar-refractivity contribution >= 4 is 28.9 Å². The summed E-state index contributed by atoms with van der Waals surface area (Å²) in [4.78, 5) is 16.6. The van der Waals surface area contributed by atoms with E-state index in [4.69, 9.17) is 33.4 Å². The van der Waals surface area contributed by atoms with Crippen LogP contribution < -0.4 is 33.2 Å². The molecule has 1 aliphatic heterocycles. The van der Waals surface area contributed by atoms with Gasteiger partial charge in [-0.05, 0) is 42.5 Å². The van der Waals surface area contributed by atoms with Crippen LogP contribution in [0.5, 0.6) is 34.5 Å². The predicted molar refractivity (Wildman–Crippen MR) is 148 cm³/mol. The molecule has 0 amide bonds.